The molecule has 5 nitrogen and oxygen atoms in total. The summed E-state index contributed by atoms with van der Waals surface area (Å²) < 4.78 is 5.65. The fourth-order valence-corrected chi connectivity index (χ4v) is 2.43. The van der Waals surface area contributed by atoms with Gasteiger partial charge in [-0.2, -0.15) is 0 Å². The highest BCUT2D eigenvalue weighted by Crippen LogP contribution is 2.25. The van der Waals surface area contributed by atoms with Crippen molar-refractivity contribution in [2.45, 2.75) is 25.8 Å². The van der Waals surface area contributed by atoms with Gasteiger partial charge in [-0.15, -0.1) is 24.0 Å². The van der Waals surface area contributed by atoms with Gasteiger partial charge in [-0.1, -0.05) is 25.1 Å². The Kier molecular flexibility index (Phi) is 10.0. The van der Waals surface area contributed by atoms with Crippen molar-refractivity contribution >= 4 is 29.9 Å². The molecule has 1 saturated carbocycles. The van der Waals surface area contributed by atoms with Crippen molar-refractivity contribution < 1.29 is 4.74 Å². The second kappa shape index (κ2) is 11.5. The molecule has 23 heavy (non-hydrogen) atoms. The summed E-state index contributed by atoms with van der Waals surface area (Å²) in [5.74, 6) is 1.73. The Morgan fingerprint density at radius 2 is 1.91 bits per heavy atom. The van der Waals surface area contributed by atoms with Gasteiger partial charge in [0.25, 0.3) is 0 Å². The van der Waals surface area contributed by atoms with Crippen LogP contribution in [0.2, 0.25) is 0 Å². The Morgan fingerprint density at radius 1 is 1.22 bits per heavy atom. The van der Waals surface area contributed by atoms with Crippen LogP contribution in [0.4, 0.5) is 0 Å². The van der Waals surface area contributed by atoms with E-state index in [1.54, 1.807) is 7.05 Å². The molecule has 0 aromatic heterocycles. The molecule has 1 aliphatic rings. The summed E-state index contributed by atoms with van der Waals surface area (Å²) >= 11 is 0. The van der Waals surface area contributed by atoms with Gasteiger partial charge in [0.15, 0.2) is 5.96 Å². The van der Waals surface area contributed by atoms with Gasteiger partial charge in [-0.25, -0.2) is 0 Å². The molecule has 0 saturated heterocycles. The third-order valence-corrected chi connectivity index (χ3v) is 3.79. The molecule has 0 atom stereocenters. The summed E-state index contributed by atoms with van der Waals surface area (Å²) in [6.45, 7) is 6.70. The predicted molar refractivity (Wildman–Crippen MR) is 107 cm³/mol. The molecular weight excluding hydrogens is 403 g/mol. The molecule has 0 amide bonds. The molecule has 6 heteroatoms. The van der Waals surface area contributed by atoms with E-state index in [1.807, 2.05) is 30.3 Å². The minimum absolute atomic E-state index is 0. The van der Waals surface area contributed by atoms with E-state index >= 15 is 0 Å². The average Bonchev–Trinajstić information content (AvgIpc) is 3.39. The van der Waals surface area contributed by atoms with Crippen molar-refractivity contribution in [1.29, 1.82) is 0 Å². The molecule has 2 rings (SSSR count). The quantitative estimate of drug-likeness (QED) is 0.272. The van der Waals surface area contributed by atoms with Gasteiger partial charge in [0, 0.05) is 26.2 Å². The Hall–Kier alpha value is -1.02. The highest BCUT2D eigenvalue weighted by molar-refractivity contribution is 14.0. The van der Waals surface area contributed by atoms with Crippen LogP contribution in [-0.2, 0) is 0 Å². The molecule has 1 fully saturated rings. The molecule has 1 aromatic rings. The summed E-state index contributed by atoms with van der Waals surface area (Å²) in [5.41, 5.74) is 0. The number of ether oxygens (including phenoxy) is 1. The smallest absolute Gasteiger partial charge is 0.191 e. The number of guanidine groups is 1. The minimum atomic E-state index is 0. The first kappa shape index (κ1) is 20.0. The lowest BCUT2D eigenvalue weighted by molar-refractivity contribution is 0.281. The van der Waals surface area contributed by atoms with E-state index in [2.05, 4.69) is 27.4 Å². The van der Waals surface area contributed by atoms with Crippen molar-refractivity contribution in [3.05, 3.63) is 30.3 Å². The number of para-hydroxylation sites is 1. The van der Waals surface area contributed by atoms with Gasteiger partial charge < -0.3 is 15.4 Å². The molecule has 1 aromatic carbocycles. The van der Waals surface area contributed by atoms with Crippen molar-refractivity contribution in [1.82, 2.24) is 15.5 Å². The third-order valence-electron chi connectivity index (χ3n) is 3.79. The number of likely N-dealkylation sites (N-methyl/N-ethyl adjacent to an activating group) is 1. The zero-order chi connectivity index (χ0) is 15.6. The summed E-state index contributed by atoms with van der Waals surface area (Å²) in [6.07, 6.45) is 2.72. The number of aliphatic imine (C=N–C) groups is 1. The standard InChI is InChI=1S/C17H28N4O.HI/c1-3-21(15-9-10-15)13-11-19-17(18-2)20-12-14-22-16-7-5-4-6-8-16;/h4-8,15H,3,9-14H2,1-2H3,(H2,18,19,20);1H. The molecule has 1 aliphatic carbocycles. The lowest BCUT2D eigenvalue weighted by atomic mass is 10.3. The van der Waals surface area contributed by atoms with Crippen molar-refractivity contribution in [3.63, 3.8) is 0 Å². The van der Waals surface area contributed by atoms with Crippen molar-refractivity contribution in [2.24, 2.45) is 4.99 Å². The van der Waals surface area contributed by atoms with E-state index in [-0.39, 0.29) is 24.0 Å². The van der Waals surface area contributed by atoms with Crippen LogP contribution in [-0.4, -0.2) is 56.7 Å². The SMILES string of the molecule is CCN(CCNC(=NC)NCCOc1ccccc1)C1CC1.I. The number of rotatable bonds is 9. The number of nitrogens with one attached hydrogen (secondary N) is 2. The Labute approximate surface area is 156 Å². The normalized spacial score (nSPS) is 14.3. The lowest BCUT2D eigenvalue weighted by Crippen LogP contribution is -2.43. The Bertz CT molecular complexity index is 451. The predicted octanol–water partition coefficient (Wildman–Crippen LogP) is 2.33. The number of benzene rings is 1. The fourth-order valence-electron chi connectivity index (χ4n) is 2.43. The van der Waals surface area contributed by atoms with Crippen LogP contribution < -0.4 is 15.4 Å². The van der Waals surface area contributed by atoms with Crippen LogP contribution >= 0.6 is 24.0 Å². The van der Waals surface area contributed by atoms with Crippen LogP contribution in [0.25, 0.3) is 0 Å². The van der Waals surface area contributed by atoms with Crippen LogP contribution in [0.3, 0.4) is 0 Å². The maximum atomic E-state index is 5.65. The van der Waals surface area contributed by atoms with E-state index in [4.69, 9.17) is 4.74 Å². The van der Waals surface area contributed by atoms with E-state index in [0.29, 0.717) is 6.61 Å². The first-order chi connectivity index (χ1) is 10.8. The highest BCUT2D eigenvalue weighted by atomic mass is 127. The molecule has 0 unspecified atom stereocenters. The number of hydrogen-bond acceptors (Lipinski definition) is 3. The molecular formula is C17H29IN4O. The van der Waals surface area contributed by atoms with Gasteiger partial charge in [0.05, 0.1) is 6.54 Å². The largest absolute Gasteiger partial charge is 0.492 e. The third kappa shape index (κ3) is 7.87. The highest BCUT2D eigenvalue weighted by Gasteiger charge is 2.27. The van der Waals surface area contributed by atoms with Crippen LogP contribution in [0.5, 0.6) is 5.75 Å². The van der Waals surface area contributed by atoms with E-state index in [9.17, 15) is 0 Å². The van der Waals surface area contributed by atoms with Crippen LogP contribution in [0, 0.1) is 0 Å². The average molecular weight is 432 g/mol. The zero-order valence-electron chi connectivity index (χ0n) is 14.1. The fraction of sp³-hybridized carbons (Fsp3) is 0.588. The van der Waals surface area contributed by atoms with Crippen molar-refractivity contribution in [3.8, 4) is 5.75 Å². The van der Waals surface area contributed by atoms with Crippen LogP contribution in [0.1, 0.15) is 19.8 Å². The van der Waals surface area contributed by atoms with Gasteiger partial charge in [0.2, 0.25) is 0 Å². The first-order valence-electron chi connectivity index (χ1n) is 8.20. The maximum absolute atomic E-state index is 5.65. The molecule has 0 aliphatic heterocycles. The van der Waals surface area contributed by atoms with Gasteiger partial charge in [0.1, 0.15) is 12.4 Å². The Balaban J connectivity index is 0.00000264. The molecule has 0 radical (unpaired) electrons. The van der Waals surface area contributed by atoms with Gasteiger partial charge >= 0.3 is 0 Å². The summed E-state index contributed by atoms with van der Waals surface area (Å²) in [5, 5.41) is 6.63. The molecule has 130 valence electrons. The summed E-state index contributed by atoms with van der Waals surface area (Å²) in [4.78, 5) is 6.76. The van der Waals surface area contributed by atoms with Gasteiger partial charge in [-0.05, 0) is 31.5 Å². The van der Waals surface area contributed by atoms with E-state index in [0.717, 1.165) is 43.9 Å². The Morgan fingerprint density at radius 3 is 2.52 bits per heavy atom. The number of halogens is 1. The summed E-state index contributed by atoms with van der Waals surface area (Å²) in [6, 6.07) is 10.7. The monoisotopic (exact) mass is 432 g/mol. The lowest BCUT2D eigenvalue weighted by Gasteiger charge is -2.20. The summed E-state index contributed by atoms with van der Waals surface area (Å²) in [7, 11) is 1.80. The molecule has 0 bridgehead atoms. The minimum Gasteiger partial charge on any atom is -0.492 e. The zero-order valence-corrected chi connectivity index (χ0v) is 16.5. The second-order valence-electron chi connectivity index (χ2n) is 5.45. The second-order valence-corrected chi connectivity index (χ2v) is 5.45. The topological polar surface area (TPSA) is 48.9 Å². The number of nitrogens with zero attached hydrogens (tertiary/aromatic N) is 2. The molecule has 2 N–H and O–H groups in total. The van der Waals surface area contributed by atoms with E-state index in [1.165, 1.54) is 12.8 Å². The molecule has 0 spiro atoms. The number of hydrogen-bond donors (Lipinski definition) is 2. The van der Waals surface area contributed by atoms with Gasteiger partial charge in [-0.3, -0.25) is 9.89 Å². The van der Waals surface area contributed by atoms with Crippen molar-refractivity contribution in [2.75, 3.05) is 39.8 Å². The van der Waals surface area contributed by atoms with E-state index < -0.39 is 0 Å². The van der Waals surface area contributed by atoms with Crippen LogP contribution in [0.15, 0.2) is 35.3 Å². The maximum Gasteiger partial charge on any atom is 0.191 e. The first-order valence-corrected chi connectivity index (χ1v) is 8.20. The molecule has 0 heterocycles.